The maximum atomic E-state index is 5.16. The van der Waals surface area contributed by atoms with E-state index in [1.54, 1.807) is 7.11 Å². The van der Waals surface area contributed by atoms with Crippen molar-refractivity contribution in [1.82, 2.24) is 0 Å². The lowest BCUT2D eigenvalue weighted by Crippen LogP contribution is -3.00. The molecule has 18 heavy (non-hydrogen) atoms. The third kappa shape index (κ3) is 3.03. The van der Waals surface area contributed by atoms with E-state index in [1.807, 2.05) is 12.1 Å². The summed E-state index contributed by atoms with van der Waals surface area (Å²) >= 11 is 0. The first-order chi connectivity index (χ1) is 8.22. The molecule has 1 unspecified atom stereocenters. The Morgan fingerprint density at radius 1 is 1.00 bits per heavy atom. The number of quaternary nitrogens is 1. The maximum Gasteiger partial charge on any atom is 0.136 e. The Morgan fingerprint density at radius 3 is 2.17 bits per heavy atom. The van der Waals surface area contributed by atoms with E-state index in [9.17, 15) is 0 Å². The number of benzene rings is 2. The van der Waals surface area contributed by atoms with E-state index in [2.05, 4.69) is 49.1 Å². The molecule has 0 aromatic heterocycles. The van der Waals surface area contributed by atoms with Crippen LogP contribution in [-0.4, -0.2) is 7.11 Å². The summed E-state index contributed by atoms with van der Waals surface area (Å²) in [5.41, 5.74) is 8.02. The van der Waals surface area contributed by atoms with E-state index in [4.69, 9.17) is 4.74 Å². The lowest BCUT2D eigenvalue weighted by atomic mass is 9.96. The Balaban J connectivity index is 0.00000162. The van der Waals surface area contributed by atoms with Gasteiger partial charge in [0.25, 0.3) is 0 Å². The van der Waals surface area contributed by atoms with Crippen molar-refractivity contribution in [2.45, 2.75) is 13.0 Å². The first kappa shape index (κ1) is 14.6. The SMILES string of the molecule is COc1ccc(C([NH3+])c2ccccc2C)cc1.[Cl-]. The zero-order valence-electron chi connectivity index (χ0n) is 10.7. The highest BCUT2D eigenvalue weighted by atomic mass is 35.5. The van der Waals surface area contributed by atoms with Crippen molar-refractivity contribution in [2.75, 3.05) is 7.11 Å². The summed E-state index contributed by atoms with van der Waals surface area (Å²) in [5, 5.41) is 0. The van der Waals surface area contributed by atoms with Gasteiger partial charge in [-0.05, 0) is 36.8 Å². The van der Waals surface area contributed by atoms with Crippen LogP contribution < -0.4 is 22.9 Å². The van der Waals surface area contributed by atoms with Crippen molar-refractivity contribution in [1.29, 1.82) is 0 Å². The summed E-state index contributed by atoms with van der Waals surface area (Å²) in [7, 11) is 1.68. The van der Waals surface area contributed by atoms with Gasteiger partial charge in [0.1, 0.15) is 11.8 Å². The molecular formula is C15H18ClNO. The third-order valence-corrected chi connectivity index (χ3v) is 3.08. The van der Waals surface area contributed by atoms with Crippen molar-refractivity contribution >= 4 is 0 Å². The number of hydrogen-bond donors (Lipinski definition) is 1. The van der Waals surface area contributed by atoms with Crippen LogP contribution in [0.15, 0.2) is 48.5 Å². The fraction of sp³-hybridized carbons (Fsp3) is 0.200. The van der Waals surface area contributed by atoms with Gasteiger partial charge in [0.2, 0.25) is 0 Å². The minimum atomic E-state index is 0. The number of aryl methyl sites for hydroxylation is 1. The molecule has 0 fully saturated rings. The van der Waals surface area contributed by atoms with Crippen LogP contribution in [0.4, 0.5) is 0 Å². The fourth-order valence-corrected chi connectivity index (χ4v) is 1.99. The summed E-state index contributed by atoms with van der Waals surface area (Å²) in [6, 6.07) is 16.6. The molecule has 3 heteroatoms. The second kappa shape index (κ2) is 6.43. The largest absolute Gasteiger partial charge is 1.00 e. The Kier molecular flexibility index (Phi) is 5.20. The molecule has 2 rings (SSSR count). The normalized spacial score (nSPS) is 11.5. The average Bonchev–Trinajstić information content (AvgIpc) is 2.39. The topological polar surface area (TPSA) is 36.9 Å². The second-order valence-electron chi connectivity index (χ2n) is 4.18. The summed E-state index contributed by atoms with van der Waals surface area (Å²) in [6.07, 6.45) is 0. The average molecular weight is 264 g/mol. The van der Waals surface area contributed by atoms with Gasteiger partial charge in [0.05, 0.1) is 7.11 Å². The molecule has 0 aliphatic heterocycles. The Labute approximate surface area is 114 Å². The number of hydrogen-bond acceptors (Lipinski definition) is 1. The van der Waals surface area contributed by atoms with Crippen LogP contribution in [0.5, 0.6) is 5.75 Å². The first-order valence-corrected chi connectivity index (χ1v) is 5.75. The van der Waals surface area contributed by atoms with Crippen LogP contribution in [0, 0.1) is 6.92 Å². The Bertz CT molecular complexity index is 496. The Hall–Kier alpha value is -1.51. The van der Waals surface area contributed by atoms with Gasteiger partial charge in [0.15, 0.2) is 0 Å². The maximum absolute atomic E-state index is 5.16. The van der Waals surface area contributed by atoms with Gasteiger partial charge < -0.3 is 22.9 Å². The van der Waals surface area contributed by atoms with Crippen LogP contribution in [0.3, 0.4) is 0 Å². The smallest absolute Gasteiger partial charge is 0.136 e. The lowest BCUT2D eigenvalue weighted by molar-refractivity contribution is -0.411. The van der Waals surface area contributed by atoms with E-state index in [1.165, 1.54) is 16.7 Å². The molecule has 1 atom stereocenters. The summed E-state index contributed by atoms with van der Waals surface area (Å²) in [4.78, 5) is 0. The first-order valence-electron chi connectivity index (χ1n) is 5.75. The number of rotatable bonds is 3. The Morgan fingerprint density at radius 2 is 1.61 bits per heavy atom. The van der Waals surface area contributed by atoms with Crippen molar-refractivity contribution < 1.29 is 22.9 Å². The van der Waals surface area contributed by atoms with E-state index in [0.717, 1.165) is 5.75 Å². The van der Waals surface area contributed by atoms with Crippen molar-refractivity contribution in [3.8, 4) is 5.75 Å². The van der Waals surface area contributed by atoms with Gasteiger partial charge in [-0.25, -0.2) is 0 Å². The molecule has 0 amide bonds. The quantitative estimate of drug-likeness (QED) is 0.784. The number of methoxy groups -OCH3 is 1. The number of ether oxygens (including phenoxy) is 1. The molecule has 0 saturated heterocycles. The van der Waals surface area contributed by atoms with Crippen molar-refractivity contribution in [2.24, 2.45) is 0 Å². The molecule has 0 aliphatic rings. The number of halogens is 1. The van der Waals surface area contributed by atoms with Gasteiger partial charge in [-0.1, -0.05) is 24.3 Å². The molecule has 0 spiro atoms. The molecule has 2 aromatic carbocycles. The highest BCUT2D eigenvalue weighted by molar-refractivity contribution is 5.36. The predicted molar refractivity (Wildman–Crippen MR) is 68.9 cm³/mol. The van der Waals surface area contributed by atoms with E-state index in [-0.39, 0.29) is 18.4 Å². The molecular weight excluding hydrogens is 246 g/mol. The van der Waals surface area contributed by atoms with Crippen molar-refractivity contribution in [3.05, 3.63) is 65.2 Å². The van der Waals surface area contributed by atoms with Gasteiger partial charge >= 0.3 is 0 Å². The molecule has 96 valence electrons. The van der Waals surface area contributed by atoms with Crippen LogP contribution in [0.1, 0.15) is 22.7 Å². The molecule has 0 radical (unpaired) electrons. The molecule has 3 N–H and O–H groups in total. The van der Waals surface area contributed by atoms with E-state index < -0.39 is 0 Å². The third-order valence-electron chi connectivity index (χ3n) is 3.08. The van der Waals surface area contributed by atoms with Gasteiger partial charge in [-0.2, -0.15) is 0 Å². The summed E-state index contributed by atoms with van der Waals surface area (Å²) in [5.74, 6) is 0.880. The van der Waals surface area contributed by atoms with E-state index in [0.29, 0.717) is 0 Å². The molecule has 2 aromatic rings. The zero-order chi connectivity index (χ0) is 12.3. The minimum Gasteiger partial charge on any atom is -1.00 e. The highest BCUT2D eigenvalue weighted by Crippen LogP contribution is 2.22. The van der Waals surface area contributed by atoms with Crippen LogP contribution >= 0.6 is 0 Å². The van der Waals surface area contributed by atoms with Crippen LogP contribution in [0.25, 0.3) is 0 Å². The van der Waals surface area contributed by atoms with Gasteiger partial charge in [-0.15, -0.1) is 0 Å². The predicted octanol–water partition coefficient (Wildman–Crippen LogP) is -0.661. The van der Waals surface area contributed by atoms with Crippen LogP contribution in [0.2, 0.25) is 0 Å². The molecule has 0 heterocycles. The molecule has 0 bridgehead atoms. The minimum absolute atomic E-state index is 0. The molecule has 0 aliphatic carbocycles. The second-order valence-corrected chi connectivity index (χ2v) is 4.18. The highest BCUT2D eigenvalue weighted by Gasteiger charge is 2.14. The van der Waals surface area contributed by atoms with Gasteiger partial charge in [-0.3, -0.25) is 0 Å². The lowest BCUT2D eigenvalue weighted by Gasteiger charge is -2.12. The van der Waals surface area contributed by atoms with Crippen molar-refractivity contribution in [3.63, 3.8) is 0 Å². The molecule has 0 saturated carbocycles. The summed E-state index contributed by atoms with van der Waals surface area (Å²) < 4.78 is 5.16. The van der Waals surface area contributed by atoms with Crippen LogP contribution in [-0.2, 0) is 0 Å². The standard InChI is InChI=1S/C15H17NO.ClH/c1-11-5-3-4-6-14(11)15(16)12-7-9-13(17-2)10-8-12;/h3-10,15H,16H2,1-2H3;1H. The zero-order valence-corrected chi connectivity index (χ0v) is 11.4. The molecule has 2 nitrogen and oxygen atoms in total. The monoisotopic (exact) mass is 263 g/mol. The summed E-state index contributed by atoms with van der Waals surface area (Å²) in [6.45, 7) is 2.12. The van der Waals surface area contributed by atoms with E-state index >= 15 is 0 Å². The fourth-order valence-electron chi connectivity index (χ4n) is 1.99. The van der Waals surface area contributed by atoms with Gasteiger partial charge in [0, 0.05) is 11.1 Å².